The highest BCUT2D eigenvalue weighted by Gasteiger charge is 2.22. The predicted molar refractivity (Wildman–Crippen MR) is 72.4 cm³/mol. The zero-order valence-corrected chi connectivity index (χ0v) is 11.8. The van der Waals surface area contributed by atoms with Gasteiger partial charge in [-0.15, -0.1) is 0 Å². The van der Waals surface area contributed by atoms with Gasteiger partial charge in [-0.2, -0.15) is 5.26 Å². The van der Waals surface area contributed by atoms with Crippen molar-refractivity contribution in [3.8, 4) is 6.07 Å². The first-order chi connectivity index (χ1) is 8.70. The molecule has 2 rings (SSSR count). The van der Waals surface area contributed by atoms with Crippen LogP contribution in [0.4, 0.5) is 4.39 Å². The third kappa shape index (κ3) is 3.30. The maximum atomic E-state index is 13.0. The summed E-state index contributed by atoms with van der Waals surface area (Å²) in [6.07, 6.45) is 4.83. The lowest BCUT2D eigenvalue weighted by atomic mass is 10.1. The average molecular weight is 311 g/mol. The molecule has 1 aliphatic carbocycles. The Morgan fingerprint density at radius 1 is 1.39 bits per heavy atom. The quantitative estimate of drug-likeness (QED) is 0.790. The molecule has 0 amide bonds. The van der Waals surface area contributed by atoms with Crippen LogP contribution in [-0.2, 0) is 6.54 Å². The highest BCUT2D eigenvalue weighted by molar-refractivity contribution is 9.10. The normalized spacial score (nSPS) is 16.1. The van der Waals surface area contributed by atoms with Crippen LogP contribution in [0.25, 0.3) is 0 Å². The molecule has 4 heteroatoms. The lowest BCUT2D eigenvalue weighted by molar-refractivity contribution is 0.213. The summed E-state index contributed by atoms with van der Waals surface area (Å²) in [6, 6.07) is 7.48. The number of hydrogen-bond donors (Lipinski definition) is 0. The number of nitriles is 1. The third-order valence-electron chi connectivity index (χ3n) is 3.50. The van der Waals surface area contributed by atoms with Crippen molar-refractivity contribution >= 4 is 15.9 Å². The standard InChI is InChI=1S/C14H16BrFN2/c15-14-9-12(16)6-5-11(14)10-18(8-7-17)13-3-1-2-4-13/h5-6,9,13H,1-4,8,10H2. The Kier molecular flexibility index (Phi) is 4.73. The monoisotopic (exact) mass is 310 g/mol. The molecule has 0 N–H and O–H groups in total. The molecule has 1 aromatic rings. The molecular formula is C14H16BrFN2. The molecule has 0 aliphatic heterocycles. The summed E-state index contributed by atoms with van der Waals surface area (Å²) < 4.78 is 13.8. The summed E-state index contributed by atoms with van der Waals surface area (Å²) in [5.74, 6) is -0.238. The van der Waals surface area contributed by atoms with Crippen molar-refractivity contribution in [3.63, 3.8) is 0 Å². The fourth-order valence-corrected chi connectivity index (χ4v) is 3.02. The Morgan fingerprint density at radius 3 is 2.72 bits per heavy atom. The lowest BCUT2D eigenvalue weighted by Crippen LogP contribution is -2.33. The molecular weight excluding hydrogens is 295 g/mol. The maximum Gasteiger partial charge on any atom is 0.124 e. The van der Waals surface area contributed by atoms with Gasteiger partial charge in [0.1, 0.15) is 5.82 Å². The zero-order chi connectivity index (χ0) is 13.0. The van der Waals surface area contributed by atoms with Crippen molar-refractivity contribution in [3.05, 3.63) is 34.1 Å². The van der Waals surface area contributed by atoms with Crippen LogP contribution in [0.5, 0.6) is 0 Å². The SMILES string of the molecule is N#CCN(Cc1ccc(F)cc1Br)C1CCCC1. The number of halogens is 2. The summed E-state index contributed by atoms with van der Waals surface area (Å²) in [5, 5.41) is 8.93. The van der Waals surface area contributed by atoms with Gasteiger partial charge in [0.15, 0.2) is 0 Å². The lowest BCUT2D eigenvalue weighted by Gasteiger charge is -2.26. The molecule has 1 aliphatic rings. The predicted octanol–water partition coefficient (Wildman–Crippen LogP) is 3.86. The van der Waals surface area contributed by atoms with Gasteiger partial charge in [0.05, 0.1) is 12.6 Å². The second-order valence-corrected chi connectivity index (χ2v) is 5.59. The second-order valence-electron chi connectivity index (χ2n) is 4.74. The molecule has 0 atom stereocenters. The first kappa shape index (κ1) is 13.5. The minimum absolute atomic E-state index is 0.238. The van der Waals surface area contributed by atoms with Gasteiger partial charge in [-0.3, -0.25) is 4.90 Å². The molecule has 0 radical (unpaired) electrons. The van der Waals surface area contributed by atoms with E-state index in [1.54, 1.807) is 6.07 Å². The Morgan fingerprint density at radius 2 is 2.11 bits per heavy atom. The first-order valence-electron chi connectivity index (χ1n) is 6.25. The van der Waals surface area contributed by atoms with E-state index in [0.29, 0.717) is 19.1 Å². The van der Waals surface area contributed by atoms with E-state index in [4.69, 9.17) is 5.26 Å². The molecule has 1 fully saturated rings. The van der Waals surface area contributed by atoms with Crippen molar-refractivity contribution in [2.75, 3.05) is 6.54 Å². The Labute approximate surface area is 116 Å². The molecule has 96 valence electrons. The van der Waals surface area contributed by atoms with Gasteiger partial charge in [-0.1, -0.05) is 34.8 Å². The highest BCUT2D eigenvalue weighted by Crippen LogP contribution is 2.26. The first-order valence-corrected chi connectivity index (χ1v) is 7.05. The summed E-state index contributed by atoms with van der Waals surface area (Å²) in [4.78, 5) is 2.20. The van der Waals surface area contributed by atoms with Gasteiger partial charge < -0.3 is 0 Å². The van der Waals surface area contributed by atoms with Crippen LogP contribution in [0.15, 0.2) is 22.7 Å². The molecule has 0 saturated heterocycles. The molecule has 0 spiro atoms. The van der Waals surface area contributed by atoms with Crippen molar-refractivity contribution < 1.29 is 4.39 Å². The van der Waals surface area contributed by atoms with E-state index >= 15 is 0 Å². The molecule has 0 heterocycles. The zero-order valence-electron chi connectivity index (χ0n) is 10.2. The van der Waals surface area contributed by atoms with E-state index in [-0.39, 0.29) is 5.82 Å². The highest BCUT2D eigenvalue weighted by atomic mass is 79.9. The van der Waals surface area contributed by atoms with Gasteiger partial charge in [-0.25, -0.2) is 4.39 Å². The van der Waals surface area contributed by atoms with E-state index in [1.807, 2.05) is 0 Å². The van der Waals surface area contributed by atoms with Crippen molar-refractivity contribution in [1.82, 2.24) is 4.90 Å². The minimum Gasteiger partial charge on any atom is -0.283 e. The van der Waals surface area contributed by atoms with Crippen LogP contribution in [0.3, 0.4) is 0 Å². The van der Waals surface area contributed by atoms with Crippen LogP contribution in [0, 0.1) is 17.1 Å². The van der Waals surface area contributed by atoms with Crippen LogP contribution in [0.2, 0.25) is 0 Å². The largest absolute Gasteiger partial charge is 0.283 e. The Bertz CT molecular complexity index is 450. The number of benzene rings is 1. The molecule has 0 bridgehead atoms. The van der Waals surface area contributed by atoms with E-state index in [1.165, 1.54) is 37.8 Å². The molecule has 2 nitrogen and oxygen atoms in total. The van der Waals surface area contributed by atoms with E-state index in [2.05, 4.69) is 26.9 Å². The van der Waals surface area contributed by atoms with E-state index < -0.39 is 0 Å². The Hall–Kier alpha value is -0.920. The molecule has 18 heavy (non-hydrogen) atoms. The van der Waals surface area contributed by atoms with Crippen LogP contribution >= 0.6 is 15.9 Å². The van der Waals surface area contributed by atoms with Crippen molar-refractivity contribution in [1.29, 1.82) is 5.26 Å². The summed E-state index contributed by atoms with van der Waals surface area (Å²) >= 11 is 3.39. The van der Waals surface area contributed by atoms with Gasteiger partial charge >= 0.3 is 0 Å². The topological polar surface area (TPSA) is 27.0 Å². The van der Waals surface area contributed by atoms with Gasteiger partial charge in [-0.05, 0) is 30.5 Å². The van der Waals surface area contributed by atoms with Crippen LogP contribution in [0.1, 0.15) is 31.2 Å². The van der Waals surface area contributed by atoms with Gasteiger partial charge in [0.2, 0.25) is 0 Å². The van der Waals surface area contributed by atoms with Crippen LogP contribution < -0.4 is 0 Å². The smallest absolute Gasteiger partial charge is 0.124 e. The molecule has 1 saturated carbocycles. The van der Waals surface area contributed by atoms with Crippen molar-refractivity contribution in [2.45, 2.75) is 38.3 Å². The molecule has 1 aromatic carbocycles. The van der Waals surface area contributed by atoms with Crippen molar-refractivity contribution in [2.24, 2.45) is 0 Å². The second kappa shape index (κ2) is 6.31. The van der Waals surface area contributed by atoms with Crippen LogP contribution in [-0.4, -0.2) is 17.5 Å². The van der Waals surface area contributed by atoms with E-state index in [0.717, 1.165) is 10.0 Å². The molecule has 0 aromatic heterocycles. The van der Waals surface area contributed by atoms with E-state index in [9.17, 15) is 4.39 Å². The number of hydrogen-bond acceptors (Lipinski definition) is 2. The number of rotatable bonds is 4. The summed E-state index contributed by atoms with van der Waals surface area (Å²) in [7, 11) is 0. The third-order valence-corrected chi connectivity index (χ3v) is 4.24. The summed E-state index contributed by atoms with van der Waals surface area (Å²) in [5.41, 5.74) is 1.04. The Balaban J connectivity index is 2.10. The maximum absolute atomic E-state index is 13.0. The minimum atomic E-state index is -0.238. The molecule has 0 unspecified atom stereocenters. The summed E-state index contributed by atoms with van der Waals surface area (Å²) in [6.45, 7) is 1.15. The number of nitrogens with zero attached hydrogens (tertiary/aromatic N) is 2. The van der Waals surface area contributed by atoms with Gasteiger partial charge in [0.25, 0.3) is 0 Å². The van der Waals surface area contributed by atoms with Gasteiger partial charge in [0, 0.05) is 17.1 Å². The average Bonchev–Trinajstić information content (AvgIpc) is 2.85. The fraction of sp³-hybridized carbons (Fsp3) is 0.500. The fourth-order valence-electron chi connectivity index (χ4n) is 2.54.